The van der Waals surface area contributed by atoms with Crippen LogP contribution >= 0.6 is 0 Å². The highest BCUT2D eigenvalue weighted by Crippen LogP contribution is 2.45. The maximum Gasteiger partial charge on any atom is 0.408 e. The van der Waals surface area contributed by atoms with E-state index in [1.807, 2.05) is 42.5 Å². The Morgan fingerprint density at radius 3 is 2.36 bits per heavy atom. The molecular weight excluding hydrogens is 727 g/mol. The molecule has 2 heterocycles. The van der Waals surface area contributed by atoms with Crippen molar-refractivity contribution in [3.8, 4) is 22.8 Å². The first-order valence-electron chi connectivity index (χ1n) is 18.5. The second-order valence-electron chi connectivity index (χ2n) is 15.8. The summed E-state index contributed by atoms with van der Waals surface area (Å²) in [5.41, 5.74) is -0.301. The number of hydrogen-bond donors (Lipinski definition) is 3. The average Bonchev–Trinajstić information content (AvgIpc) is 4.06. The highest BCUT2D eigenvalue weighted by Gasteiger charge is 2.62. The van der Waals surface area contributed by atoms with E-state index in [-0.39, 0.29) is 19.4 Å². The Hall–Kier alpha value is -5.18. The van der Waals surface area contributed by atoms with Gasteiger partial charge >= 0.3 is 6.09 Å². The molecule has 1 aromatic heterocycles. The highest BCUT2D eigenvalue weighted by molar-refractivity contribution is 7.91. The first-order valence-corrected chi connectivity index (χ1v) is 20.0. The Morgan fingerprint density at radius 2 is 1.76 bits per heavy atom. The van der Waals surface area contributed by atoms with E-state index in [0.29, 0.717) is 40.9 Å². The lowest BCUT2D eigenvalue weighted by atomic mass is 10.0. The number of methoxy groups -OCH3 is 1. The van der Waals surface area contributed by atoms with Crippen molar-refractivity contribution in [3.05, 3.63) is 67.3 Å². The fourth-order valence-electron chi connectivity index (χ4n) is 6.86. The third kappa shape index (κ3) is 8.71. The normalized spacial score (nSPS) is 22.7. The number of nitrogens with zero attached hydrogens (tertiary/aromatic N) is 2. The topological polar surface area (TPSA) is 182 Å². The molecule has 4 amide bonds. The lowest BCUT2D eigenvalue weighted by Crippen LogP contribution is -2.59. The van der Waals surface area contributed by atoms with Crippen LogP contribution in [0.25, 0.3) is 22.2 Å². The summed E-state index contributed by atoms with van der Waals surface area (Å²) in [6, 6.07) is 14.5. The molecule has 14 nitrogen and oxygen atoms in total. The molecule has 2 saturated carbocycles. The van der Waals surface area contributed by atoms with E-state index in [1.54, 1.807) is 53.9 Å². The van der Waals surface area contributed by atoms with Gasteiger partial charge in [-0.15, -0.1) is 6.58 Å². The van der Waals surface area contributed by atoms with E-state index >= 15 is 0 Å². The third-order valence-corrected chi connectivity index (χ3v) is 11.9. The SMILES string of the molecule is C=CC1C[C@]1(NC(=O)[C@@H]1C[C@@H](Oc2cc(-c3ccccc3)nc3cc(OC)ccc23)CN1C(=O)[C@@H](NC(=O)OC(C)(C)C)C(C)C)C(=O)NS(=O)(=O)C1CC1. The molecular formula is C40H49N5O9S. The number of rotatable bonds is 13. The van der Waals surface area contributed by atoms with Gasteiger partial charge in [0.25, 0.3) is 5.91 Å². The van der Waals surface area contributed by atoms with Crippen molar-refractivity contribution in [2.45, 2.75) is 94.9 Å². The molecule has 0 bridgehead atoms. The molecule has 0 radical (unpaired) electrons. The van der Waals surface area contributed by atoms with Crippen LogP contribution in [0.1, 0.15) is 60.3 Å². The molecule has 2 aliphatic carbocycles. The maximum absolute atomic E-state index is 14.4. The average molecular weight is 776 g/mol. The molecule has 1 saturated heterocycles. The Labute approximate surface area is 321 Å². The molecule has 6 rings (SSSR count). The molecule has 1 unspecified atom stereocenters. The van der Waals surface area contributed by atoms with Crippen LogP contribution in [0.2, 0.25) is 0 Å². The number of fused-ring (bicyclic) bond motifs is 1. The zero-order valence-electron chi connectivity index (χ0n) is 32.0. The number of alkyl carbamates (subject to hydrolysis) is 1. The van der Waals surface area contributed by atoms with Crippen molar-refractivity contribution < 1.29 is 41.8 Å². The van der Waals surface area contributed by atoms with Gasteiger partial charge in [0.05, 0.1) is 30.1 Å². The van der Waals surface area contributed by atoms with Crippen LogP contribution in [0.5, 0.6) is 11.5 Å². The number of carbonyl (C=O) groups excluding carboxylic acids is 4. The molecule has 294 valence electrons. The van der Waals surface area contributed by atoms with Gasteiger partial charge < -0.3 is 29.7 Å². The van der Waals surface area contributed by atoms with Crippen LogP contribution in [0, 0.1) is 11.8 Å². The van der Waals surface area contributed by atoms with Crippen LogP contribution in [-0.2, 0) is 29.1 Å². The number of likely N-dealkylation sites (tertiary alicyclic amines) is 1. The minimum Gasteiger partial charge on any atom is -0.497 e. The van der Waals surface area contributed by atoms with Crippen LogP contribution in [-0.4, -0.2) is 90.3 Å². The van der Waals surface area contributed by atoms with Crippen molar-refractivity contribution in [2.75, 3.05) is 13.7 Å². The van der Waals surface area contributed by atoms with E-state index < -0.39 is 80.3 Å². The number of ether oxygens (including phenoxy) is 3. The summed E-state index contributed by atoms with van der Waals surface area (Å²) in [5.74, 6) is -1.94. The minimum absolute atomic E-state index is 0.0201. The summed E-state index contributed by atoms with van der Waals surface area (Å²) >= 11 is 0. The van der Waals surface area contributed by atoms with E-state index in [1.165, 1.54) is 11.0 Å². The number of amides is 4. The van der Waals surface area contributed by atoms with Gasteiger partial charge in [0, 0.05) is 35.4 Å². The van der Waals surface area contributed by atoms with E-state index in [2.05, 4.69) is 21.9 Å². The number of carbonyl (C=O) groups is 4. The number of nitrogens with one attached hydrogen (secondary N) is 3. The molecule has 0 spiro atoms. The highest BCUT2D eigenvalue weighted by atomic mass is 32.2. The van der Waals surface area contributed by atoms with Gasteiger partial charge in [0.15, 0.2) is 0 Å². The number of aromatic nitrogens is 1. The van der Waals surface area contributed by atoms with E-state index in [0.717, 1.165) is 5.56 Å². The lowest BCUT2D eigenvalue weighted by molar-refractivity contribution is -0.141. The molecule has 3 aliphatic rings. The maximum atomic E-state index is 14.4. The van der Waals surface area contributed by atoms with Gasteiger partial charge in [-0.05, 0) is 58.1 Å². The minimum atomic E-state index is -3.91. The van der Waals surface area contributed by atoms with Crippen LogP contribution in [0.3, 0.4) is 0 Å². The zero-order valence-corrected chi connectivity index (χ0v) is 32.8. The van der Waals surface area contributed by atoms with Gasteiger partial charge in [-0.25, -0.2) is 18.2 Å². The van der Waals surface area contributed by atoms with Crippen LogP contribution < -0.4 is 24.8 Å². The third-order valence-electron chi connectivity index (χ3n) is 10.0. The summed E-state index contributed by atoms with van der Waals surface area (Å²) in [7, 11) is -2.34. The summed E-state index contributed by atoms with van der Waals surface area (Å²) in [6.45, 7) is 12.4. The standard InChI is InChI=1S/C40H49N5O9S/c1-8-25-21-40(25,37(48)44-55(50,51)28-15-16-28)43-35(46)32-19-27(22-45(32)36(47)34(23(2)3)42-38(49)54-39(4,5)6)53-33-20-30(24-12-10-9-11-13-24)41-31-18-26(52-7)14-17-29(31)33/h8-14,17-18,20,23,25,27-28,32,34H,1,15-16,19,21-22H2,2-7H3,(H,42,49)(H,43,46)(H,44,48)/t25?,27-,32+,34+,40-/m1/s1. The van der Waals surface area contributed by atoms with Gasteiger partial charge in [0.1, 0.15) is 40.8 Å². The van der Waals surface area contributed by atoms with Gasteiger partial charge in [-0.3, -0.25) is 19.1 Å². The van der Waals surface area contributed by atoms with Crippen molar-refractivity contribution in [1.82, 2.24) is 25.2 Å². The first kappa shape index (κ1) is 39.5. The molecule has 3 N–H and O–H groups in total. The van der Waals surface area contributed by atoms with E-state index in [9.17, 15) is 27.6 Å². The number of hydrogen-bond acceptors (Lipinski definition) is 10. The number of benzene rings is 2. The Morgan fingerprint density at radius 1 is 1.05 bits per heavy atom. The van der Waals surface area contributed by atoms with Gasteiger partial charge in [0.2, 0.25) is 21.8 Å². The van der Waals surface area contributed by atoms with Crippen LogP contribution in [0.4, 0.5) is 4.79 Å². The van der Waals surface area contributed by atoms with Crippen LogP contribution in [0.15, 0.2) is 67.3 Å². The quantitative estimate of drug-likeness (QED) is 0.210. The number of pyridine rings is 1. The second-order valence-corrected chi connectivity index (χ2v) is 17.7. The fourth-order valence-corrected chi connectivity index (χ4v) is 8.22. The molecule has 3 aromatic rings. The van der Waals surface area contributed by atoms with Crippen molar-refractivity contribution in [2.24, 2.45) is 11.8 Å². The molecule has 1 aliphatic heterocycles. The second kappa shape index (κ2) is 15.2. The van der Waals surface area contributed by atoms with Crippen molar-refractivity contribution >= 4 is 44.7 Å². The smallest absolute Gasteiger partial charge is 0.408 e. The predicted molar refractivity (Wildman–Crippen MR) is 206 cm³/mol. The number of sulfonamides is 1. The fraction of sp³-hybridized carbons (Fsp3) is 0.475. The Balaban J connectivity index is 1.33. The Bertz CT molecular complexity index is 2100. The monoisotopic (exact) mass is 775 g/mol. The molecule has 2 aromatic carbocycles. The van der Waals surface area contributed by atoms with Crippen molar-refractivity contribution in [3.63, 3.8) is 0 Å². The largest absolute Gasteiger partial charge is 0.497 e. The van der Waals surface area contributed by atoms with E-state index in [4.69, 9.17) is 19.2 Å². The molecule has 5 atom stereocenters. The summed E-state index contributed by atoms with van der Waals surface area (Å²) in [6.07, 6.45) is 1.05. The predicted octanol–water partition coefficient (Wildman–Crippen LogP) is 4.48. The molecule has 55 heavy (non-hydrogen) atoms. The summed E-state index contributed by atoms with van der Waals surface area (Å²) < 4.78 is 45.2. The Kier molecular flexibility index (Phi) is 10.9. The van der Waals surface area contributed by atoms with Crippen molar-refractivity contribution in [1.29, 1.82) is 0 Å². The zero-order chi connectivity index (χ0) is 39.9. The lowest BCUT2D eigenvalue weighted by Gasteiger charge is -2.31. The molecule has 15 heteroatoms. The first-order chi connectivity index (χ1) is 25.9. The van der Waals surface area contributed by atoms with Gasteiger partial charge in [-0.2, -0.15) is 0 Å². The van der Waals surface area contributed by atoms with Gasteiger partial charge in [-0.1, -0.05) is 50.3 Å². The summed E-state index contributed by atoms with van der Waals surface area (Å²) in [5, 5.41) is 5.51. The summed E-state index contributed by atoms with van der Waals surface area (Å²) in [4.78, 5) is 61.5. The molecule has 3 fully saturated rings.